The third kappa shape index (κ3) is 3.35. The van der Waals surface area contributed by atoms with Crippen LogP contribution in [0.4, 0.5) is 0 Å². The Morgan fingerprint density at radius 2 is 1.73 bits per heavy atom. The zero-order valence-electron chi connectivity index (χ0n) is 14.5. The predicted octanol–water partition coefficient (Wildman–Crippen LogP) is -0.675. The summed E-state index contributed by atoms with van der Waals surface area (Å²) in [6, 6.07) is 16.2. The van der Waals surface area contributed by atoms with E-state index in [9.17, 15) is 0 Å². The average Bonchev–Trinajstić information content (AvgIpc) is 3.35. The molecule has 2 aromatic rings. The number of halogens is 2. The molecule has 3 heteroatoms. The molecule has 2 aromatic carbocycles. The van der Waals surface area contributed by atoms with Gasteiger partial charge < -0.3 is 24.8 Å². The Kier molecular flexibility index (Phi) is 6.44. The smallest absolute Gasteiger partial charge is 1.00 e. The maximum Gasteiger partial charge on any atom is -1.00 e. The second-order valence-electron chi connectivity index (χ2n) is 6.95. The number of hydrogen-bond donors (Lipinski definition) is 0. The van der Waals surface area contributed by atoms with Gasteiger partial charge in [-0.2, -0.15) is 0 Å². The Morgan fingerprint density at radius 1 is 0.885 bits per heavy atom. The first-order valence-corrected chi connectivity index (χ1v) is 11.4. The zero-order valence-corrected chi connectivity index (χ0v) is 18.4. The zero-order chi connectivity index (χ0) is 15.9. The summed E-state index contributed by atoms with van der Waals surface area (Å²) in [5.41, 5.74) is 6.24. The van der Waals surface area contributed by atoms with Crippen molar-refractivity contribution in [1.29, 1.82) is 0 Å². The maximum absolute atomic E-state index is 2.48. The molecule has 0 spiro atoms. The first-order valence-electron chi connectivity index (χ1n) is 8.93. The van der Waals surface area contributed by atoms with Crippen LogP contribution >= 0.6 is 0 Å². The second-order valence-corrected chi connectivity index (χ2v) is 10.5. The van der Waals surface area contributed by atoms with Crippen molar-refractivity contribution >= 4 is 3.27 Å². The van der Waals surface area contributed by atoms with Crippen molar-refractivity contribution in [3.05, 3.63) is 87.3 Å². The minimum absolute atomic E-state index is 0. The number of rotatable bonds is 3. The molecule has 3 aliphatic rings. The second kappa shape index (κ2) is 8.43. The fourth-order valence-electron chi connectivity index (χ4n) is 4.50. The van der Waals surface area contributed by atoms with Gasteiger partial charge in [0.15, 0.2) is 0 Å². The van der Waals surface area contributed by atoms with Crippen LogP contribution in [0, 0.1) is 5.92 Å². The number of benzene rings is 2. The van der Waals surface area contributed by atoms with Crippen molar-refractivity contribution in [3.8, 4) is 11.1 Å². The van der Waals surface area contributed by atoms with Crippen LogP contribution in [0.3, 0.4) is 0 Å². The van der Waals surface area contributed by atoms with Gasteiger partial charge in [0.1, 0.15) is 0 Å². The molecule has 0 fully saturated rings. The monoisotopic (exact) mass is 456 g/mol. The molecule has 130 valence electrons. The molecule has 0 saturated heterocycles. The van der Waals surface area contributed by atoms with Crippen molar-refractivity contribution < 1.29 is 48.0 Å². The SMILES string of the molecule is C1=CC[C]([Zr+2][c]2cccc3c2C(C2C=CCC2)c2ccccc2-3)=C1.[Cl-].[Cl-]. The van der Waals surface area contributed by atoms with E-state index >= 15 is 0 Å². The standard InChI is InChI=1S/C18H15.C5H5.2ClH.Zr/c1-2-8-13(7-1)18-16-11-5-3-9-14(16)15-10-4-6-12-17(15)18;1-2-4-5-3-1;;;/h1,3-7,9-11,13,18H,2,8H2;1-3H,4H2;2*1H;/q;;;;+2/p-2. The van der Waals surface area contributed by atoms with Gasteiger partial charge in [-0.15, -0.1) is 0 Å². The minimum Gasteiger partial charge on any atom is -1.00 e. The van der Waals surface area contributed by atoms with Crippen LogP contribution in [0.15, 0.2) is 76.1 Å². The molecule has 0 aromatic heterocycles. The van der Waals surface area contributed by atoms with Gasteiger partial charge in [0.25, 0.3) is 0 Å². The normalized spacial score (nSPS) is 21.3. The third-order valence-corrected chi connectivity index (χ3v) is 8.98. The van der Waals surface area contributed by atoms with Crippen LogP contribution in [0.5, 0.6) is 0 Å². The van der Waals surface area contributed by atoms with Crippen LogP contribution in [0.25, 0.3) is 11.1 Å². The van der Waals surface area contributed by atoms with Crippen LogP contribution < -0.4 is 28.1 Å². The minimum atomic E-state index is -0.680. The Labute approximate surface area is 179 Å². The van der Waals surface area contributed by atoms with E-state index in [0.717, 1.165) is 0 Å². The molecule has 0 amide bonds. The van der Waals surface area contributed by atoms with Gasteiger partial charge in [-0.3, -0.25) is 0 Å². The van der Waals surface area contributed by atoms with Gasteiger partial charge in [0, 0.05) is 0 Å². The van der Waals surface area contributed by atoms with Gasteiger partial charge in [-0.05, 0) is 0 Å². The van der Waals surface area contributed by atoms with Gasteiger partial charge in [0.05, 0.1) is 0 Å². The van der Waals surface area contributed by atoms with Crippen molar-refractivity contribution in [2.24, 2.45) is 5.92 Å². The first kappa shape index (κ1) is 19.9. The molecule has 2 atom stereocenters. The predicted molar refractivity (Wildman–Crippen MR) is 97.1 cm³/mol. The van der Waals surface area contributed by atoms with E-state index in [1.54, 1.807) is 17.7 Å². The van der Waals surface area contributed by atoms with E-state index in [1.165, 1.54) is 30.4 Å². The Morgan fingerprint density at radius 3 is 2.50 bits per heavy atom. The molecule has 2 unspecified atom stereocenters. The molecule has 3 aliphatic carbocycles. The summed E-state index contributed by atoms with van der Waals surface area (Å²) in [7, 11) is 0. The van der Waals surface area contributed by atoms with Crippen LogP contribution in [-0.2, 0) is 23.2 Å². The van der Waals surface area contributed by atoms with Gasteiger partial charge in [-0.1, -0.05) is 0 Å². The molecular formula is C23H20Cl2Zr. The van der Waals surface area contributed by atoms with E-state index in [2.05, 4.69) is 72.8 Å². The molecule has 5 rings (SSSR count). The summed E-state index contributed by atoms with van der Waals surface area (Å²) >= 11 is -0.680. The molecule has 0 heterocycles. The molecule has 0 radical (unpaired) electrons. The van der Waals surface area contributed by atoms with E-state index in [-0.39, 0.29) is 24.8 Å². The van der Waals surface area contributed by atoms with Crippen molar-refractivity contribution in [2.75, 3.05) is 0 Å². The van der Waals surface area contributed by atoms with Gasteiger partial charge in [-0.25, -0.2) is 0 Å². The van der Waals surface area contributed by atoms with Crippen LogP contribution in [0.2, 0.25) is 0 Å². The molecular weight excluding hydrogens is 438 g/mol. The number of fused-ring (bicyclic) bond motifs is 3. The largest absolute Gasteiger partial charge is 1.00 e. The Bertz CT molecular complexity index is 895. The summed E-state index contributed by atoms with van der Waals surface area (Å²) in [6.07, 6.45) is 15.5. The number of allylic oxidation sites excluding steroid dienone is 6. The van der Waals surface area contributed by atoms with E-state index in [1.807, 2.05) is 0 Å². The summed E-state index contributed by atoms with van der Waals surface area (Å²) in [6.45, 7) is 0. The quantitative estimate of drug-likeness (QED) is 0.535. The van der Waals surface area contributed by atoms with E-state index in [0.29, 0.717) is 11.8 Å². The molecule has 0 saturated carbocycles. The number of hydrogen-bond acceptors (Lipinski definition) is 0. The summed E-state index contributed by atoms with van der Waals surface area (Å²) in [4.78, 5) is 0. The fraction of sp³-hybridized carbons (Fsp3) is 0.217. The van der Waals surface area contributed by atoms with E-state index in [4.69, 9.17) is 0 Å². The first-order chi connectivity index (χ1) is 11.9. The van der Waals surface area contributed by atoms with Gasteiger partial charge >= 0.3 is 156 Å². The van der Waals surface area contributed by atoms with Gasteiger partial charge in [0.2, 0.25) is 0 Å². The Hall–Kier alpha value is -0.877. The summed E-state index contributed by atoms with van der Waals surface area (Å²) in [5, 5.41) is 0. The molecule has 0 nitrogen and oxygen atoms in total. The fourth-order valence-corrected chi connectivity index (χ4v) is 7.82. The van der Waals surface area contributed by atoms with Crippen molar-refractivity contribution in [2.45, 2.75) is 25.2 Å². The molecule has 0 aliphatic heterocycles. The Balaban J connectivity index is 0.000000980. The molecule has 0 N–H and O–H groups in total. The van der Waals surface area contributed by atoms with Crippen LogP contribution in [-0.4, -0.2) is 0 Å². The third-order valence-electron chi connectivity index (χ3n) is 5.55. The topological polar surface area (TPSA) is 0 Å². The van der Waals surface area contributed by atoms with Crippen molar-refractivity contribution in [3.63, 3.8) is 0 Å². The summed E-state index contributed by atoms with van der Waals surface area (Å²) in [5.74, 6) is 1.27. The maximum atomic E-state index is 2.48. The van der Waals surface area contributed by atoms with E-state index < -0.39 is 23.2 Å². The molecule has 26 heavy (non-hydrogen) atoms. The van der Waals surface area contributed by atoms with Crippen LogP contribution in [0.1, 0.15) is 36.3 Å². The summed E-state index contributed by atoms with van der Waals surface area (Å²) < 4.78 is 3.41. The van der Waals surface area contributed by atoms with Crippen molar-refractivity contribution in [1.82, 2.24) is 0 Å². The molecule has 0 bridgehead atoms. The average molecular weight is 459 g/mol.